The van der Waals surface area contributed by atoms with Crippen molar-refractivity contribution in [2.75, 3.05) is 25.4 Å². The molecule has 0 N–H and O–H groups in total. The van der Waals surface area contributed by atoms with Crippen LogP contribution in [0.1, 0.15) is 23.4 Å². The van der Waals surface area contributed by atoms with Gasteiger partial charge in [-0.3, -0.25) is 9.88 Å². The van der Waals surface area contributed by atoms with Crippen molar-refractivity contribution in [3.63, 3.8) is 0 Å². The summed E-state index contributed by atoms with van der Waals surface area (Å²) in [4.78, 5) is 6.11. The molecule has 0 saturated carbocycles. The summed E-state index contributed by atoms with van der Waals surface area (Å²) in [6.45, 7) is 4.52. The lowest BCUT2D eigenvalue weighted by molar-refractivity contribution is 0.0193. The van der Waals surface area contributed by atoms with E-state index in [1.165, 1.54) is 0 Å². The minimum absolute atomic E-state index is 0.0460. The van der Waals surface area contributed by atoms with Gasteiger partial charge in [-0.25, -0.2) is 8.42 Å². The molecule has 1 atom stereocenters. The number of likely N-dealkylation sites (tertiary alicyclic amines) is 1. The Balaban J connectivity index is 1.37. The number of sulfone groups is 1. The Labute approximate surface area is 153 Å². The second-order valence-corrected chi connectivity index (χ2v) is 9.76. The number of ether oxygens (including phenoxy) is 1. The maximum Gasteiger partial charge on any atom is 0.158 e. The first-order valence-corrected chi connectivity index (χ1v) is 10.5. The number of pyridine rings is 1. The number of hydrogen-bond acceptors (Lipinski definition) is 7. The first kappa shape index (κ1) is 17.6. The Morgan fingerprint density at radius 3 is 2.81 bits per heavy atom. The molecule has 1 spiro atoms. The monoisotopic (exact) mass is 377 g/mol. The Morgan fingerprint density at radius 2 is 2.12 bits per heavy atom. The van der Waals surface area contributed by atoms with Crippen LogP contribution < -0.4 is 0 Å². The van der Waals surface area contributed by atoms with Gasteiger partial charge in [-0.15, -0.1) is 0 Å². The number of hydrogen-bond donors (Lipinski definition) is 0. The minimum atomic E-state index is -3.09. The summed E-state index contributed by atoms with van der Waals surface area (Å²) in [7, 11) is -3.09. The molecule has 4 rings (SSSR count). The fraction of sp³-hybridized carbons (Fsp3) is 0.556. The van der Waals surface area contributed by atoms with Gasteiger partial charge in [-0.2, -0.15) is 0 Å². The van der Waals surface area contributed by atoms with Gasteiger partial charge in [0, 0.05) is 44.0 Å². The van der Waals surface area contributed by atoms with Crippen LogP contribution in [0.2, 0.25) is 0 Å². The summed E-state index contributed by atoms with van der Waals surface area (Å²) in [5.41, 5.74) is 1.89. The molecule has 1 unspecified atom stereocenters. The number of aryl methyl sites for hydroxylation is 1. The van der Waals surface area contributed by atoms with Crippen molar-refractivity contribution in [2.24, 2.45) is 5.92 Å². The Morgan fingerprint density at radius 1 is 1.35 bits per heavy atom. The lowest BCUT2D eigenvalue weighted by atomic mass is 9.83. The van der Waals surface area contributed by atoms with Gasteiger partial charge < -0.3 is 9.26 Å². The molecule has 4 heterocycles. The maximum atomic E-state index is 12.7. The second kappa shape index (κ2) is 6.75. The van der Waals surface area contributed by atoms with E-state index in [-0.39, 0.29) is 11.7 Å². The highest BCUT2D eigenvalue weighted by Gasteiger charge is 2.61. The summed E-state index contributed by atoms with van der Waals surface area (Å²) in [6, 6.07) is 5.71. The van der Waals surface area contributed by atoms with Crippen LogP contribution in [0.3, 0.4) is 0 Å². The van der Waals surface area contributed by atoms with E-state index in [4.69, 9.17) is 9.26 Å². The van der Waals surface area contributed by atoms with E-state index in [9.17, 15) is 8.42 Å². The molecule has 2 aromatic heterocycles. The van der Waals surface area contributed by atoms with Crippen LogP contribution in [0.25, 0.3) is 0 Å². The predicted octanol–water partition coefficient (Wildman–Crippen LogP) is 1.58. The Kier molecular flexibility index (Phi) is 4.58. The van der Waals surface area contributed by atoms with E-state index in [2.05, 4.69) is 15.0 Å². The van der Waals surface area contributed by atoms with Gasteiger partial charge in [0.2, 0.25) is 0 Å². The Hall–Kier alpha value is -1.77. The molecular formula is C18H23N3O4S. The van der Waals surface area contributed by atoms with Gasteiger partial charge in [0.25, 0.3) is 0 Å². The summed E-state index contributed by atoms with van der Waals surface area (Å²) in [5, 5.41) is 4.00. The number of nitrogens with zero attached hydrogens (tertiary/aromatic N) is 3. The highest BCUT2D eigenvalue weighted by molar-refractivity contribution is 7.93. The molecule has 0 radical (unpaired) electrons. The molecule has 0 aliphatic carbocycles. The standard InChI is InChI=1S/C18H23N3O4S/c1-14-8-17(20-25-14)9-21-12-18(13-21)16(4-7-26(18,22)23)11-24-10-15-2-5-19-6-3-15/h2-3,5-6,8,16H,4,7,9-13H2,1H3. The molecule has 2 fully saturated rings. The molecule has 0 amide bonds. The van der Waals surface area contributed by atoms with Gasteiger partial charge in [0.15, 0.2) is 9.84 Å². The second-order valence-electron chi connectivity index (χ2n) is 7.31. The zero-order chi connectivity index (χ0) is 18.2. The molecular weight excluding hydrogens is 354 g/mol. The van der Waals surface area contributed by atoms with E-state index in [1.54, 1.807) is 12.4 Å². The van der Waals surface area contributed by atoms with Crippen LogP contribution in [-0.2, 0) is 27.7 Å². The first-order chi connectivity index (χ1) is 12.5. The zero-order valence-corrected chi connectivity index (χ0v) is 15.6. The van der Waals surface area contributed by atoms with E-state index >= 15 is 0 Å². The summed E-state index contributed by atoms with van der Waals surface area (Å²) >= 11 is 0. The molecule has 26 heavy (non-hydrogen) atoms. The molecule has 2 saturated heterocycles. The number of rotatable bonds is 6. The van der Waals surface area contributed by atoms with Crippen LogP contribution in [-0.4, -0.2) is 53.7 Å². The SMILES string of the molecule is Cc1cc(CN2CC3(C2)C(COCc2ccncc2)CCS3(=O)=O)no1. The minimum Gasteiger partial charge on any atom is -0.376 e. The van der Waals surface area contributed by atoms with Gasteiger partial charge in [-0.1, -0.05) is 5.16 Å². The normalized spacial score (nSPS) is 24.0. The van der Waals surface area contributed by atoms with Gasteiger partial charge in [0.1, 0.15) is 10.5 Å². The van der Waals surface area contributed by atoms with Gasteiger partial charge in [-0.05, 0) is 31.0 Å². The van der Waals surface area contributed by atoms with Crippen LogP contribution >= 0.6 is 0 Å². The van der Waals surface area contributed by atoms with Gasteiger partial charge in [0.05, 0.1) is 24.7 Å². The molecule has 0 aromatic carbocycles. The van der Waals surface area contributed by atoms with Gasteiger partial charge >= 0.3 is 0 Å². The fourth-order valence-corrected chi connectivity index (χ4v) is 6.50. The third kappa shape index (κ3) is 3.17. The third-order valence-corrected chi connectivity index (χ3v) is 8.08. The smallest absolute Gasteiger partial charge is 0.158 e. The summed E-state index contributed by atoms with van der Waals surface area (Å²) in [5.74, 6) is 1.07. The van der Waals surface area contributed by atoms with E-state index in [0.29, 0.717) is 39.3 Å². The quantitative estimate of drug-likeness (QED) is 0.755. The molecule has 8 heteroatoms. The lowest BCUT2D eigenvalue weighted by Crippen LogP contribution is -2.67. The van der Waals surface area contributed by atoms with E-state index in [0.717, 1.165) is 17.0 Å². The largest absolute Gasteiger partial charge is 0.376 e. The van der Waals surface area contributed by atoms with E-state index in [1.807, 2.05) is 25.1 Å². The van der Waals surface area contributed by atoms with E-state index < -0.39 is 14.6 Å². The molecule has 140 valence electrons. The Bertz CT molecular complexity index is 860. The average Bonchev–Trinajstić information content (AvgIpc) is 3.10. The average molecular weight is 377 g/mol. The zero-order valence-electron chi connectivity index (χ0n) is 14.8. The van der Waals surface area contributed by atoms with Crippen LogP contribution in [0.5, 0.6) is 0 Å². The summed E-state index contributed by atoms with van der Waals surface area (Å²) in [6.07, 6.45) is 4.14. The van der Waals surface area contributed by atoms with Crippen molar-refractivity contribution in [2.45, 2.75) is 31.2 Å². The highest BCUT2D eigenvalue weighted by atomic mass is 32.2. The molecule has 2 aromatic rings. The fourth-order valence-electron chi connectivity index (χ4n) is 4.05. The molecule has 7 nitrogen and oxygen atoms in total. The first-order valence-electron chi connectivity index (χ1n) is 8.82. The lowest BCUT2D eigenvalue weighted by Gasteiger charge is -2.49. The van der Waals surface area contributed by atoms with Crippen LogP contribution in [0.15, 0.2) is 35.1 Å². The summed E-state index contributed by atoms with van der Waals surface area (Å²) < 4.78 is 35.6. The maximum absolute atomic E-state index is 12.7. The molecule has 0 bridgehead atoms. The van der Waals surface area contributed by atoms with Crippen molar-refractivity contribution >= 4 is 9.84 Å². The van der Waals surface area contributed by atoms with Crippen LogP contribution in [0.4, 0.5) is 0 Å². The van der Waals surface area contributed by atoms with Crippen molar-refractivity contribution in [1.82, 2.24) is 15.0 Å². The molecule has 2 aliphatic heterocycles. The van der Waals surface area contributed by atoms with Crippen molar-refractivity contribution in [3.05, 3.63) is 47.6 Å². The van der Waals surface area contributed by atoms with Crippen molar-refractivity contribution in [1.29, 1.82) is 0 Å². The topological polar surface area (TPSA) is 85.5 Å². The van der Waals surface area contributed by atoms with Crippen molar-refractivity contribution in [3.8, 4) is 0 Å². The van der Waals surface area contributed by atoms with Crippen molar-refractivity contribution < 1.29 is 17.7 Å². The third-order valence-electron chi connectivity index (χ3n) is 5.48. The molecule has 2 aliphatic rings. The van der Waals surface area contributed by atoms with Crippen LogP contribution in [0, 0.1) is 12.8 Å². The number of aromatic nitrogens is 2. The highest BCUT2D eigenvalue weighted by Crippen LogP contribution is 2.45. The predicted molar refractivity (Wildman–Crippen MR) is 95.0 cm³/mol.